The van der Waals surface area contributed by atoms with Crippen molar-refractivity contribution < 1.29 is 9.90 Å². The topological polar surface area (TPSA) is 52.6 Å². The Balaban J connectivity index is 2.59. The number of nitrogens with one attached hydrogen (secondary N) is 1. The molecule has 0 aromatic rings. The van der Waals surface area contributed by atoms with E-state index in [-0.39, 0.29) is 0 Å². The summed E-state index contributed by atoms with van der Waals surface area (Å²) in [5, 5.41) is 12.5. The van der Waals surface area contributed by atoms with E-state index in [0.717, 1.165) is 19.6 Å². The molecule has 1 saturated heterocycles. The average molecular weight is 214 g/mol. The quantitative estimate of drug-likeness (QED) is 0.726. The summed E-state index contributed by atoms with van der Waals surface area (Å²) in [7, 11) is 2.04. The number of nitrogens with zero attached hydrogens (tertiary/aromatic N) is 1. The number of likely N-dealkylation sites (tertiary alicyclic amines) is 1. The summed E-state index contributed by atoms with van der Waals surface area (Å²) in [6, 6.07) is 0. The van der Waals surface area contributed by atoms with E-state index in [1.165, 1.54) is 0 Å². The second kappa shape index (κ2) is 4.94. The molecule has 88 valence electrons. The maximum absolute atomic E-state index is 11.3. The second-order valence-corrected chi connectivity index (χ2v) is 4.97. The predicted octanol–water partition coefficient (Wildman–Crippen LogP) is 0.781. The highest BCUT2D eigenvalue weighted by molar-refractivity contribution is 5.79. The number of rotatable bonds is 4. The maximum Gasteiger partial charge on any atom is 0.323 e. The molecule has 0 bridgehead atoms. The molecule has 1 fully saturated rings. The Kier molecular flexibility index (Phi) is 4.11. The van der Waals surface area contributed by atoms with Crippen LogP contribution in [0.15, 0.2) is 0 Å². The Bertz CT molecular complexity index is 221. The number of carboxylic acid groups (broad SMARTS) is 1. The van der Waals surface area contributed by atoms with E-state index in [1.807, 2.05) is 7.05 Å². The van der Waals surface area contributed by atoms with Gasteiger partial charge in [-0.1, -0.05) is 13.8 Å². The molecule has 1 aliphatic heterocycles. The van der Waals surface area contributed by atoms with Gasteiger partial charge >= 0.3 is 5.97 Å². The summed E-state index contributed by atoms with van der Waals surface area (Å²) in [5.74, 6) is -0.211. The second-order valence-electron chi connectivity index (χ2n) is 4.97. The molecule has 0 aliphatic carbocycles. The molecular formula is C11H22N2O2. The highest BCUT2D eigenvalue weighted by atomic mass is 16.4. The van der Waals surface area contributed by atoms with Gasteiger partial charge in [-0.15, -0.1) is 0 Å². The van der Waals surface area contributed by atoms with E-state index in [2.05, 4.69) is 24.1 Å². The Labute approximate surface area is 91.6 Å². The molecule has 0 unspecified atom stereocenters. The monoisotopic (exact) mass is 214 g/mol. The van der Waals surface area contributed by atoms with Crippen molar-refractivity contribution in [3.8, 4) is 0 Å². The first kappa shape index (κ1) is 12.5. The van der Waals surface area contributed by atoms with Crippen molar-refractivity contribution in [2.75, 3.05) is 26.7 Å². The largest absolute Gasteiger partial charge is 0.480 e. The van der Waals surface area contributed by atoms with Crippen LogP contribution in [0.5, 0.6) is 0 Å². The van der Waals surface area contributed by atoms with E-state index in [0.29, 0.717) is 18.8 Å². The summed E-state index contributed by atoms with van der Waals surface area (Å²) in [4.78, 5) is 13.5. The normalized spacial score (nSPS) is 21.9. The van der Waals surface area contributed by atoms with Crippen LogP contribution in [0.1, 0.15) is 26.7 Å². The molecule has 0 saturated carbocycles. The minimum Gasteiger partial charge on any atom is -0.480 e. The summed E-state index contributed by atoms with van der Waals surface area (Å²) in [6.45, 7) is 6.68. The first-order chi connectivity index (χ1) is 6.96. The fourth-order valence-corrected chi connectivity index (χ4v) is 1.87. The molecule has 4 heteroatoms. The standard InChI is InChI=1S/C11H22N2O2/c1-9(2)8-12-11(10(14)15)4-6-13(3)7-5-11/h9,12H,4-8H2,1-3H3,(H,14,15). The summed E-state index contributed by atoms with van der Waals surface area (Å²) in [6.07, 6.45) is 1.40. The van der Waals surface area contributed by atoms with Gasteiger partial charge in [0.15, 0.2) is 0 Å². The molecule has 0 aromatic carbocycles. The SMILES string of the molecule is CC(C)CNC1(C(=O)O)CCN(C)CC1. The van der Waals surface area contributed by atoms with Crippen LogP contribution in [-0.4, -0.2) is 48.2 Å². The van der Waals surface area contributed by atoms with Gasteiger partial charge in [-0.2, -0.15) is 0 Å². The van der Waals surface area contributed by atoms with Crippen LogP contribution in [0.25, 0.3) is 0 Å². The molecule has 4 nitrogen and oxygen atoms in total. The van der Waals surface area contributed by atoms with Crippen LogP contribution >= 0.6 is 0 Å². The van der Waals surface area contributed by atoms with Gasteiger partial charge < -0.3 is 15.3 Å². The van der Waals surface area contributed by atoms with E-state index in [9.17, 15) is 9.90 Å². The van der Waals surface area contributed by atoms with Gasteiger partial charge in [0.25, 0.3) is 0 Å². The third kappa shape index (κ3) is 3.18. The molecule has 15 heavy (non-hydrogen) atoms. The Morgan fingerprint density at radius 1 is 1.47 bits per heavy atom. The van der Waals surface area contributed by atoms with Crippen LogP contribution in [-0.2, 0) is 4.79 Å². The van der Waals surface area contributed by atoms with Crippen molar-refractivity contribution in [1.29, 1.82) is 0 Å². The van der Waals surface area contributed by atoms with Gasteiger partial charge in [0.05, 0.1) is 0 Å². The first-order valence-electron chi connectivity index (χ1n) is 5.63. The van der Waals surface area contributed by atoms with E-state index < -0.39 is 11.5 Å². The van der Waals surface area contributed by atoms with Crippen LogP contribution < -0.4 is 5.32 Å². The average Bonchev–Trinajstić information content (AvgIpc) is 2.17. The number of carbonyl (C=O) groups is 1. The van der Waals surface area contributed by atoms with Gasteiger partial charge in [0.2, 0.25) is 0 Å². The fourth-order valence-electron chi connectivity index (χ4n) is 1.87. The first-order valence-corrected chi connectivity index (χ1v) is 5.63. The molecule has 0 atom stereocenters. The third-order valence-corrected chi connectivity index (χ3v) is 3.10. The molecule has 2 N–H and O–H groups in total. The van der Waals surface area contributed by atoms with Crippen LogP contribution in [0, 0.1) is 5.92 Å². The zero-order valence-corrected chi connectivity index (χ0v) is 9.92. The molecule has 0 aromatic heterocycles. The van der Waals surface area contributed by atoms with Crippen molar-refractivity contribution in [1.82, 2.24) is 10.2 Å². The van der Waals surface area contributed by atoms with Crippen LogP contribution in [0.3, 0.4) is 0 Å². The summed E-state index contributed by atoms with van der Waals surface area (Å²) < 4.78 is 0. The van der Waals surface area contributed by atoms with E-state index in [1.54, 1.807) is 0 Å². The van der Waals surface area contributed by atoms with Crippen LogP contribution in [0.4, 0.5) is 0 Å². The number of hydrogen-bond donors (Lipinski definition) is 2. The number of aliphatic carboxylic acids is 1. The Morgan fingerprint density at radius 3 is 2.40 bits per heavy atom. The van der Waals surface area contributed by atoms with Gasteiger partial charge in [-0.25, -0.2) is 0 Å². The minimum absolute atomic E-state index is 0.487. The molecule has 1 heterocycles. The van der Waals surface area contributed by atoms with E-state index >= 15 is 0 Å². The van der Waals surface area contributed by atoms with Crippen molar-refractivity contribution in [3.05, 3.63) is 0 Å². The molecule has 0 amide bonds. The molecule has 0 radical (unpaired) electrons. The van der Waals surface area contributed by atoms with Crippen molar-refractivity contribution in [2.45, 2.75) is 32.2 Å². The Hall–Kier alpha value is -0.610. The van der Waals surface area contributed by atoms with Crippen molar-refractivity contribution in [2.24, 2.45) is 5.92 Å². The molecular weight excluding hydrogens is 192 g/mol. The summed E-state index contributed by atoms with van der Waals surface area (Å²) >= 11 is 0. The third-order valence-electron chi connectivity index (χ3n) is 3.10. The number of piperidine rings is 1. The lowest BCUT2D eigenvalue weighted by Crippen LogP contribution is -2.58. The minimum atomic E-state index is -0.698. The lowest BCUT2D eigenvalue weighted by atomic mass is 9.87. The zero-order chi connectivity index (χ0) is 11.5. The lowest BCUT2D eigenvalue weighted by molar-refractivity contribution is -0.147. The summed E-state index contributed by atoms with van der Waals surface area (Å²) in [5.41, 5.74) is -0.684. The van der Waals surface area contributed by atoms with E-state index in [4.69, 9.17) is 0 Å². The number of carboxylic acids is 1. The molecule has 1 rings (SSSR count). The fraction of sp³-hybridized carbons (Fsp3) is 0.909. The van der Waals surface area contributed by atoms with Gasteiger partial charge in [-0.05, 0) is 32.4 Å². The van der Waals surface area contributed by atoms with Gasteiger partial charge in [-0.3, -0.25) is 4.79 Å². The smallest absolute Gasteiger partial charge is 0.323 e. The zero-order valence-electron chi connectivity index (χ0n) is 9.92. The lowest BCUT2D eigenvalue weighted by Gasteiger charge is -2.38. The maximum atomic E-state index is 11.3. The van der Waals surface area contributed by atoms with Crippen molar-refractivity contribution >= 4 is 5.97 Å². The van der Waals surface area contributed by atoms with Crippen molar-refractivity contribution in [3.63, 3.8) is 0 Å². The number of hydrogen-bond acceptors (Lipinski definition) is 3. The highest BCUT2D eigenvalue weighted by Crippen LogP contribution is 2.22. The van der Waals surface area contributed by atoms with Crippen LogP contribution in [0.2, 0.25) is 0 Å². The van der Waals surface area contributed by atoms with Gasteiger partial charge in [0, 0.05) is 13.1 Å². The highest BCUT2D eigenvalue weighted by Gasteiger charge is 2.40. The van der Waals surface area contributed by atoms with Gasteiger partial charge in [0.1, 0.15) is 5.54 Å². The molecule has 1 aliphatic rings. The Morgan fingerprint density at radius 2 is 2.00 bits per heavy atom. The predicted molar refractivity (Wildman–Crippen MR) is 59.9 cm³/mol. The molecule has 0 spiro atoms.